The molecule has 4 N–H and O–H groups in total. The number of hydrogen-bond donors (Lipinski definition) is 4. The first-order chi connectivity index (χ1) is 20.4. The molecule has 10 nitrogen and oxygen atoms in total. The molecule has 0 spiro atoms. The average Bonchev–Trinajstić information content (AvgIpc) is 2.95. The van der Waals surface area contributed by atoms with Crippen molar-refractivity contribution in [2.75, 3.05) is 34.0 Å². The normalized spacial score (nSPS) is 13.5. The number of rotatable bonds is 17. The predicted octanol–water partition coefficient (Wildman–Crippen LogP) is 5.07. The maximum atomic E-state index is 12.8. The molecule has 0 heterocycles. The summed E-state index contributed by atoms with van der Waals surface area (Å²) < 4.78 is 22.1. The molecule has 0 fully saturated rings. The van der Waals surface area contributed by atoms with Crippen LogP contribution in [0, 0.1) is 11.8 Å². The van der Waals surface area contributed by atoms with Crippen LogP contribution in [0.25, 0.3) is 0 Å². The summed E-state index contributed by atoms with van der Waals surface area (Å²) in [6, 6.07) is 14.3. The van der Waals surface area contributed by atoms with Crippen LogP contribution >= 0.6 is 0 Å². The number of ether oxygens (including phenoxy) is 4. The van der Waals surface area contributed by atoms with Gasteiger partial charge < -0.3 is 40.0 Å². The summed E-state index contributed by atoms with van der Waals surface area (Å²) >= 11 is 0. The van der Waals surface area contributed by atoms with Crippen LogP contribution in [0.1, 0.15) is 58.6 Å². The van der Waals surface area contributed by atoms with E-state index in [0.29, 0.717) is 44.1 Å². The van der Waals surface area contributed by atoms with Gasteiger partial charge in [-0.1, -0.05) is 50.2 Å². The predicted molar refractivity (Wildman–Crippen MR) is 167 cm³/mol. The molecule has 3 amide bonds. The SMILES string of the molecule is COCCCOc1cc(C[C@@H](C[C@H](NC(=O)OC(C)(C)C)[C@@H](O)CNC(=O)NCc2ccccc2)C(C)C)ccc1OC. The van der Waals surface area contributed by atoms with Crippen molar-refractivity contribution < 1.29 is 33.6 Å². The second-order valence-corrected chi connectivity index (χ2v) is 12.0. The lowest BCUT2D eigenvalue weighted by molar-refractivity contribution is 0.0393. The fourth-order valence-corrected chi connectivity index (χ4v) is 4.52. The van der Waals surface area contributed by atoms with Gasteiger partial charge in [-0.25, -0.2) is 9.59 Å². The molecule has 0 saturated heterocycles. The minimum absolute atomic E-state index is 0.0477. The van der Waals surface area contributed by atoms with Crippen molar-refractivity contribution in [3.8, 4) is 11.5 Å². The Morgan fingerprint density at radius 2 is 1.65 bits per heavy atom. The molecule has 0 radical (unpaired) electrons. The number of carbonyl (C=O) groups excluding carboxylic acids is 2. The summed E-state index contributed by atoms with van der Waals surface area (Å²) in [4.78, 5) is 25.2. The molecule has 0 unspecified atom stereocenters. The van der Waals surface area contributed by atoms with Gasteiger partial charge in [0.25, 0.3) is 0 Å². The number of benzene rings is 2. The number of hydrogen-bond acceptors (Lipinski definition) is 7. The van der Waals surface area contributed by atoms with E-state index in [1.807, 2.05) is 48.5 Å². The quantitative estimate of drug-likeness (QED) is 0.187. The molecule has 0 aliphatic heterocycles. The van der Waals surface area contributed by atoms with Gasteiger partial charge in [0.1, 0.15) is 5.60 Å². The van der Waals surface area contributed by atoms with E-state index in [1.54, 1.807) is 35.0 Å². The number of methoxy groups -OCH3 is 2. The van der Waals surface area contributed by atoms with Crippen LogP contribution in [-0.2, 0) is 22.4 Å². The van der Waals surface area contributed by atoms with Gasteiger partial charge in [0.05, 0.1) is 25.9 Å². The highest BCUT2D eigenvalue weighted by molar-refractivity contribution is 5.73. The second-order valence-electron chi connectivity index (χ2n) is 12.0. The Kier molecular flexibility index (Phi) is 15.1. The van der Waals surface area contributed by atoms with E-state index in [0.717, 1.165) is 17.5 Å². The zero-order valence-electron chi connectivity index (χ0n) is 26.8. The van der Waals surface area contributed by atoms with Crippen LogP contribution in [0.4, 0.5) is 9.59 Å². The van der Waals surface area contributed by atoms with Crippen LogP contribution < -0.4 is 25.4 Å². The van der Waals surface area contributed by atoms with Gasteiger partial charge in [-0.15, -0.1) is 0 Å². The molecule has 43 heavy (non-hydrogen) atoms. The summed E-state index contributed by atoms with van der Waals surface area (Å²) in [7, 11) is 3.27. The van der Waals surface area contributed by atoms with Gasteiger partial charge in [-0.05, 0) is 68.7 Å². The number of amides is 3. The summed E-state index contributed by atoms with van der Waals surface area (Å²) in [5, 5.41) is 19.6. The van der Waals surface area contributed by atoms with Crippen LogP contribution in [0.2, 0.25) is 0 Å². The smallest absolute Gasteiger partial charge is 0.407 e. The molecule has 0 saturated carbocycles. The summed E-state index contributed by atoms with van der Waals surface area (Å²) in [5.74, 6) is 1.62. The van der Waals surface area contributed by atoms with Crippen molar-refractivity contribution in [1.29, 1.82) is 0 Å². The van der Waals surface area contributed by atoms with E-state index in [-0.39, 0.29) is 18.4 Å². The van der Waals surface area contributed by atoms with E-state index in [1.165, 1.54) is 0 Å². The van der Waals surface area contributed by atoms with Crippen molar-refractivity contribution in [3.05, 3.63) is 59.7 Å². The topological polar surface area (TPSA) is 127 Å². The number of aliphatic hydroxyl groups is 1. The molecule has 2 aromatic rings. The monoisotopic (exact) mass is 601 g/mol. The third-order valence-electron chi connectivity index (χ3n) is 6.91. The Labute approximate surface area is 256 Å². The van der Waals surface area contributed by atoms with Gasteiger partial charge in [0.15, 0.2) is 11.5 Å². The summed E-state index contributed by atoms with van der Waals surface area (Å²) in [6.45, 7) is 11.0. The Balaban J connectivity index is 2.13. The van der Waals surface area contributed by atoms with E-state index in [4.69, 9.17) is 18.9 Å². The zero-order chi connectivity index (χ0) is 31.8. The summed E-state index contributed by atoms with van der Waals surface area (Å²) in [5.41, 5.74) is 1.31. The Morgan fingerprint density at radius 3 is 2.28 bits per heavy atom. The van der Waals surface area contributed by atoms with Crippen molar-refractivity contribution >= 4 is 12.1 Å². The van der Waals surface area contributed by atoms with E-state index in [9.17, 15) is 14.7 Å². The van der Waals surface area contributed by atoms with Gasteiger partial charge in [-0.2, -0.15) is 0 Å². The van der Waals surface area contributed by atoms with Gasteiger partial charge >= 0.3 is 12.1 Å². The van der Waals surface area contributed by atoms with Crippen molar-refractivity contribution in [3.63, 3.8) is 0 Å². The van der Waals surface area contributed by atoms with Crippen molar-refractivity contribution in [1.82, 2.24) is 16.0 Å². The third-order valence-corrected chi connectivity index (χ3v) is 6.91. The second kappa shape index (κ2) is 18.2. The minimum Gasteiger partial charge on any atom is -0.493 e. The first-order valence-corrected chi connectivity index (χ1v) is 14.9. The largest absolute Gasteiger partial charge is 0.493 e. The first kappa shape index (κ1) is 35.7. The van der Waals surface area contributed by atoms with Crippen molar-refractivity contribution in [2.45, 2.75) is 78.2 Å². The average molecular weight is 602 g/mol. The lowest BCUT2D eigenvalue weighted by atomic mass is 9.83. The molecule has 3 atom stereocenters. The van der Waals surface area contributed by atoms with E-state index in [2.05, 4.69) is 29.8 Å². The first-order valence-electron chi connectivity index (χ1n) is 14.9. The molecular weight excluding hydrogens is 550 g/mol. The lowest BCUT2D eigenvalue weighted by Gasteiger charge is -2.31. The van der Waals surface area contributed by atoms with Gasteiger partial charge in [0, 0.05) is 33.2 Å². The van der Waals surface area contributed by atoms with Crippen LogP contribution in [0.15, 0.2) is 48.5 Å². The lowest BCUT2D eigenvalue weighted by Crippen LogP contribution is -2.51. The third kappa shape index (κ3) is 14.0. The highest BCUT2D eigenvalue weighted by Crippen LogP contribution is 2.31. The fraction of sp³-hybridized carbons (Fsp3) is 0.576. The molecule has 10 heteroatoms. The van der Waals surface area contributed by atoms with Crippen LogP contribution in [0.5, 0.6) is 11.5 Å². The zero-order valence-corrected chi connectivity index (χ0v) is 26.8. The Bertz CT molecular complexity index is 1110. The number of carbonyl (C=O) groups is 2. The van der Waals surface area contributed by atoms with E-state index >= 15 is 0 Å². The Morgan fingerprint density at radius 1 is 0.930 bits per heavy atom. The highest BCUT2D eigenvalue weighted by Gasteiger charge is 2.29. The molecule has 0 aliphatic carbocycles. The maximum absolute atomic E-state index is 12.8. The van der Waals surface area contributed by atoms with Crippen molar-refractivity contribution in [2.24, 2.45) is 11.8 Å². The Hall–Kier alpha value is -3.50. The number of urea groups is 1. The summed E-state index contributed by atoms with van der Waals surface area (Å²) in [6.07, 6.45) is 0.227. The number of alkyl carbamates (subject to hydrolysis) is 1. The van der Waals surface area contributed by atoms with E-state index < -0.39 is 29.9 Å². The van der Waals surface area contributed by atoms with Gasteiger partial charge in [0.2, 0.25) is 0 Å². The molecule has 2 aromatic carbocycles. The highest BCUT2D eigenvalue weighted by atomic mass is 16.6. The number of aliphatic hydroxyl groups excluding tert-OH is 1. The maximum Gasteiger partial charge on any atom is 0.407 e. The van der Waals surface area contributed by atoms with Crippen LogP contribution in [0.3, 0.4) is 0 Å². The molecule has 0 bridgehead atoms. The molecular formula is C33H51N3O7. The fourth-order valence-electron chi connectivity index (χ4n) is 4.52. The van der Waals surface area contributed by atoms with Crippen LogP contribution in [-0.4, -0.2) is 69.0 Å². The number of nitrogens with one attached hydrogen (secondary N) is 3. The standard InChI is InChI=1S/C33H51N3O7/c1-23(2)26(18-25-14-15-29(41-7)30(19-25)42-17-11-16-40-6)20-27(36-32(39)43-33(3,4)5)28(37)22-35-31(38)34-21-24-12-9-8-10-13-24/h8-10,12-15,19,23,26-28,37H,11,16-18,20-22H2,1-7H3,(H,36,39)(H2,34,35,38)/t26-,27-,28-/m0/s1. The molecule has 0 aliphatic rings. The minimum atomic E-state index is -1.05. The molecule has 2 rings (SSSR count). The van der Waals surface area contributed by atoms with Gasteiger partial charge in [-0.3, -0.25) is 0 Å². The molecule has 0 aromatic heterocycles. The molecule has 240 valence electrons.